The van der Waals surface area contributed by atoms with E-state index in [1.54, 1.807) is 6.20 Å². The standard InChI is InChI=1S/C5H10N4/c1-7-2-4-3-8-5(6)9-4/h3,7H,2H2,1H3,(H3,6,8,9). The number of aromatic amines is 1. The predicted octanol–water partition coefficient (Wildman–Crippen LogP) is -0.289. The van der Waals surface area contributed by atoms with E-state index in [-0.39, 0.29) is 0 Å². The highest BCUT2D eigenvalue weighted by Gasteiger charge is 1.92. The van der Waals surface area contributed by atoms with E-state index in [4.69, 9.17) is 5.73 Å². The number of nitrogens with one attached hydrogen (secondary N) is 2. The van der Waals surface area contributed by atoms with Crippen LogP contribution in [-0.4, -0.2) is 17.0 Å². The molecule has 0 aromatic carbocycles. The van der Waals surface area contributed by atoms with Crippen LogP contribution in [0.1, 0.15) is 5.69 Å². The van der Waals surface area contributed by atoms with Gasteiger partial charge in [-0.3, -0.25) is 0 Å². The van der Waals surface area contributed by atoms with Gasteiger partial charge in [0.2, 0.25) is 0 Å². The number of H-pyrrole nitrogens is 1. The highest BCUT2D eigenvalue weighted by molar-refractivity contribution is 5.17. The van der Waals surface area contributed by atoms with Crippen molar-refractivity contribution in [3.63, 3.8) is 0 Å². The summed E-state index contributed by atoms with van der Waals surface area (Å²) in [7, 11) is 1.87. The lowest BCUT2D eigenvalue weighted by Gasteiger charge is -1.88. The van der Waals surface area contributed by atoms with Crippen LogP contribution in [0.3, 0.4) is 0 Å². The van der Waals surface area contributed by atoms with Gasteiger partial charge in [0, 0.05) is 12.7 Å². The molecule has 4 heteroatoms. The minimum atomic E-state index is 0.472. The average molecular weight is 126 g/mol. The van der Waals surface area contributed by atoms with Crippen molar-refractivity contribution in [3.05, 3.63) is 11.9 Å². The molecule has 4 N–H and O–H groups in total. The maximum Gasteiger partial charge on any atom is 0.197 e. The molecular formula is C5H10N4. The van der Waals surface area contributed by atoms with Crippen LogP contribution < -0.4 is 11.1 Å². The fraction of sp³-hybridized carbons (Fsp3) is 0.400. The molecule has 1 rings (SSSR count). The van der Waals surface area contributed by atoms with E-state index in [1.807, 2.05) is 7.05 Å². The molecule has 1 aromatic heterocycles. The maximum absolute atomic E-state index is 5.31. The highest BCUT2D eigenvalue weighted by Crippen LogP contribution is 1.95. The number of aromatic nitrogens is 2. The number of hydrogen-bond acceptors (Lipinski definition) is 3. The van der Waals surface area contributed by atoms with E-state index in [0.717, 1.165) is 12.2 Å². The molecule has 0 aliphatic rings. The summed E-state index contributed by atoms with van der Waals surface area (Å²) < 4.78 is 0. The summed E-state index contributed by atoms with van der Waals surface area (Å²) in [6, 6.07) is 0. The molecule has 0 spiro atoms. The van der Waals surface area contributed by atoms with Crippen LogP contribution in [0.4, 0.5) is 5.95 Å². The average Bonchev–Trinajstić information content (AvgIpc) is 2.17. The Labute approximate surface area is 53.5 Å². The Balaban J connectivity index is 2.61. The first-order chi connectivity index (χ1) is 4.33. The summed E-state index contributed by atoms with van der Waals surface area (Å²) in [6.45, 7) is 0.758. The molecule has 0 aliphatic heterocycles. The van der Waals surface area contributed by atoms with Gasteiger partial charge in [-0.25, -0.2) is 4.98 Å². The van der Waals surface area contributed by atoms with E-state index in [2.05, 4.69) is 15.3 Å². The second kappa shape index (κ2) is 2.50. The number of rotatable bonds is 2. The van der Waals surface area contributed by atoms with Gasteiger partial charge < -0.3 is 16.0 Å². The summed E-state index contributed by atoms with van der Waals surface area (Å²) >= 11 is 0. The van der Waals surface area contributed by atoms with Crippen molar-refractivity contribution in [1.82, 2.24) is 15.3 Å². The van der Waals surface area contributed by atoms with Crippen LogP contribution in [0.5, 0.6) is 0 Å². The second-order valence-electron chi connectivity index (χ2n) is 1.81. The number of hydrogen-bond donors (Lipinski definition) is 3. The van der Waals surface area contributed by atoms with Gasteiger partial charge in [0.1, 0.15) is 0 Å². The Bertz CT molecular complexity index is 181. The SMILES string of the molecule is CNCc1c[nH]c(N)n1. The van der Waals surface area contributed by atoms with Gasteiger partial charge in [0.15, 0.2) is 5.95 Å². The van der Waals surface area contributed by atoms with Gasteiger partial charge in [-0.15, -0.1) is 0 Å². The summed E-state index contributed by atoms with van der Waals surface area (Å²) in [6.07, 6.45) is 1.78. The van der Waals surface area contributed by atoms with Crippen LogP contribution in [0.25, 0.3) is 0 Å². The number of imidazole rings is 1. The normalized spacial score (nSPS) is 9.89. The van der Waals surface area contributed by atoms with Gasteiger partial charge in [-0.1, -0.05) is 0 Å². The van der Waals surface area contributed by atoms with E-state index in [0.29, 0.717) is 5.95 Å². The van der Waals surface area contributed by atoms with Gasteiger partial charge in [-0.2, -0.15) is 0 Å². The molecule has 0 radical (unpaired) electrons. The van der Waals surface area contributed by atoms with Crippen LogP contribution >= 0.6 is 0 Å². The zero-order valence-corrected chi connectivity index (χ0v) is 5.31. The van der Waals surface area contributed by atoms with E-state index >= 15 is 0 Å². The molecule has 0 bridgehead atoms. The van der Waals surface area contributed by atoms with Crippen LogP contribution in [-0.2, 0) is 6.54 Å². The van der Waals surface area contributed by atoms with Crippen LogP contribution in [0.15, 0.2) is 6.20 Å². The first kappa shape index (κ1) is 6.10. The quantitative estimate of drug-likeness (QED) is 0.510. The third kappa shape index (κ3) is 1.43. The zero-order valence-electron chi connectivity index (χ0n) is 5.31. The molecule has 0 amide bonds. The predicted molar refractivity (Wildman–Crippen MR) is 35.8 cm³/mol. The minimum Gasteiger partial charge on any atom is -0.369 e. The molecule has 0 atom stereocenters. The van der Waals surface area contributed by atoms with Crippen molar-refractivity contribution in [2.24, 2.45) is 0 Å². The topological polar surface area (TPSA) is 66.7 Å². The van der Waals surface area contributed by atoms with Crippen molar-refractivity contribution in [2.45, 2.75) is 6.54 Å². The largest absolute Gasteiger partial charge is 0.369 e. The minimum absolute atomic E-state index is 0.472. The highest BCUT2D eigenvalue weighted by atomic mass is 15.0. The Hall–Kier alpha value is -1.03. The van der Waals surface area contributed by atoms with E-state index in [9.17, 15) is 0 Å². The zero-order chi connectivity index (χ0) is 6.69. The molecular weight excluding hydrogens is 116 g/mol. The summed E-state index contributed by atoms with van der Waals surface area (Å²) in [5.74, 6) is 0.472. The molecule has 0 saturated heterocycles. The third-order valence-electron chi connectivity index (χ3n) is 1.01. The fourth-order valence-electron chi connectivity index (χ4n) is 0.648. The monoisotopic (exact) mass is 126 g/mol. The lowest BCUT2D eigenvalue weighted by Crippen LogP contribution is -2.05. The Morgan fingerprint density at radius 1 is 1.89 bits per heavy atom. The summed E-state index contributed by atoms with van der Waals surface area (Å²) in [5.41, 5.74) is 6.25. The lowest BCUT2D eigenvalue weighted by atomic mass is 10.5. The molecule has 4 nitrogen and oxygen atoms in total. The van der Waals surface area contributed by atoms with E-state index < -0.39 is 0 Å². The number of nitrogen functional groups attached to an aromatic ring is 1. The van der Waals surface area contributed by atoms with Crippen molar-refractivity contribution in [3.8, 4) is 0 Å². The Kier molecular flexibility index (Phi) is 1.69. The molecule has 0 saturated carbocycles. The summed E-state index contributed by atoms with van der Waals surface area (Å²) in [4.78, 5) is 6.74. The van der Waals surface area contributed by atoms with Gasteiger partial charge >= 0.3 is 0 Å². The number of nitrogens with zero attached hydrogens (tertiary/aromatic N) is 1. The van der Waals surface area contributed by atoms with Crippen LogP contribution in [0.2, 0.25) is 0 Å². The Morgan fingerprint density at radius 3 is 3.11 bits per heavy atom. The maximum atomic E-state index is 5.31. The number of anilines is 1. The lowest BCUT2D eigenvalue weighted by molar-refractivity contribution is 0.798. The molecule has 0 unspecified atom stereocenters. The van der Waals surface area contributed by atoms with Crippen molar-refractivity contribution in [1.29, 1.82) is 0 Å². The summed E-state index contributed by atoms with van der Waals surface area (Å²) in [5, 5.41) is 2.96. The van der Waals surface area contributed by atoms with Gasteiger partial charge in [-0.05, 0) is 7.05 Å². The fourth-order valence-corrected chi connectivity index (χ4v) is 0.648. The van der Waals surface area contributed by atoms with Crippen molar-refractivity contribution < 1.29 is 0 Å². The van der Waals surface area contributed by atoms with Gasteiger partial charge in [0.05, 0.1) is 5.69 Å². The van der Waals surface area contributed by atoms with E-state index in [1.165, 1.54) is 0 Å². The smallest absolute Gasteiger partial charge is 0.197 e. The van der Waals surface area contributed by atoms with Crippen LogP contribution in [0, 0.1) is 0 Å². The second-order valence-corrected chi connectivity index (χ2v) is 1.81. The number of nitrogens with two attached hydrogens (primary N) is 1. The molecule has 1 heterocycles. The molecule has 9 heavy (non-hydrogen) atoms. The molecule has 0 fully saturated rings. The molecule has 0 aliphatic carbocycles. The van der Waals surface area contributed by atoms with Gasteiger partial charge in [0.25, 0.3) is 0 Å². The first-order valence-corrected chi connectivity index (χ1v) is 2.77. The molecule has 50 valence electrons. The first-order valence-electron chi connectivity index (χ1n) is 2.77. The molecule has 1 aromatic rings. The van der Waals surface area contributed by atoms with Crippen molar-refractivity contribution in [2.75, 3.05) is 12.8 Å². The Morgan fingerprint density at radius 2 is 2.67 bits per heavy atom. The third-order valence-corrected chi connectivity index (χ3v) is 1.01. The van der Waals surface area contributed by atoms with Crippen molar-refractivity contribution >= 4 is 5.95 Å².